The lowest BCUT2D eigenvalue weighted by Gasteiger charge is -2.24. The number of ether oxygens (including phenoxy) is 1. The molecule has 1 aromatic rings. The van der Waals surface area contributed by atoms with Crippen LogP contribution in [0.2, 0.25) is 0 Å². The van der Waals surface area contributed by atoms with Crippen LogP contribution in [0.1, 0.15) is 43.4 Å². The first-order valence-corrected chi connectivity index (χ1v) is 6.56. The molecule has 0 heterocycles. The highest BCUT2D eigenvalue weighted by Crippen LogP contribution is 2.24. The van der Waals surface area contributed by atoms with Crippen molar-refractivity contribution in [2.24, 2.45) is 0 Å². The van der Waals surface area contributed by atoms with E-state index in [1.54, 1.807) is 0 Å². The van der Waals surface area contributed by atoms with E-state index < -0.39 is 0 Å². The second-order valence-corrected chi connectivity index (χ2v) is 5.11. The van der Waals surface area contributed by atoms with Gasteiger partial charge < -0.3 is 10.1 Å². The van der Waals surface area contributed by atoms with Gasteiger partial charge in [0.1, 0.15) is 0 Å². The lowest BCUT2D eigenvalue weighted by Crippen LogP contribution is -2.38. The molecule has 0 aliphatic heterocycles. The van der Waals surface area contributed by atoms with E-state index in [1.165, 1.54) is 30.4 Å². The van der Waals surface area contributed by atoms with Crippen LogP contribution in [0, 0.1) is 6.92 Å². The van der Waals surface area contributed by atoms with E-state index in [2.05, 4.69) is 43.4 Å². The van der Waals surface area contributed by atoms with Crippen LogP contribution in [0.3, 0.4) is 0 Å². The monoisotopic (exact) mass is 233 g/mol. The molecule has 0 amide bonds. The van der Waals surface area contributed by atoms with E-state index in [0.717, 1.165) is 0 Å². The summed E-state index contributed by atoms with van der Waals surface area (Å²) in [5, 5.41) is 3.70. The van der Waals surface area contributed by atoms with Crippen LogP contribution < -0.4 is 5.32 Å². The first-order chi connectivity index (χ1) is 8.20. The van der Waals surface area contributed by atoms with E-state index in [-0.39, 0.29) is 0 Å². The number of hydrogen-bond donors (Lipinski definition) is 1. The topological polar surface area (TPSA) is 21.3 Å². The van der Waals surface area contributed by atoms with Gasteiger partial charge in [-0.15, -0.1) is 0 Å². The summed E-state index contributed by atoms with van der Waals surface area (Å²) in [6.45, 7) is 4.38. The molecule has 3 unspecified atom stereocenters. The molecule has 1 aromatic carbocycles. The van der Waals surface area contributed by atoms with Crippen LogP contribution in [0.5, 0.6) is 0 Å². The summed E-state index contributed by atoms with van der Waals surface area (Å²) in [5.41, 5.74) is 2.69. The van der Waals surface area contributed by atoms with Crippen molar-refractivity contribution in [3.05, 3.63) is 35.4 Å². The minimum Gasteiger partial charge on any atom is -0.380 e. The zero-order chi connectivity index (χ0) is 12.3. The van der Waals surface area contributed by atoms with E-state index >= 15 is 0 Å². The third kappa shape index (κ3) is 3.08. The Labute approximate surface area is 104 Å². The fourth-order valence-corrected chi connectivity index (χ4v) is 2.76. The predicted octanol–water partition coefficient (Wildman–Crippen LogP) is 3.21. The number of rotatable bonds is 4. The van der Waals surface area contributed by atoms with Gasteiger partial charge in [-0.25, -0.2) is 0 Å². The average molecular weight is 233 g/mol. The normalized spacial score (nSPS) is 26.1. The number of nitrogens with one attached hydrogen (secondary N) is 1. The van der Waals surface area contributed by atoms with Crippen molar-refractivity contribution in [2.45, 2.75) is 51.3 Å². The van der Waals surface area contributed by atoms with Crippen LogP contribution in [0.4, 0.5) is 0 Å². The third-order valence-corrected chi connectivity index (χ3v) is 3.76. The second kappa shape index (κ2) is 5.65. The standard InChI is InChI=1S/C15H23NO/c1-11-6-4-7-13(10-11)12(2)16-14-8-5-9-15(14)17-3/h4,6-7,10,12,14-16H,5,8-9H2,1-3H3. The molecule has 1 saturated carbocycles. The van der Waals surface area contributed by atoms with Crippen molar-refractivity contribution < 1.29 is 4.74 Å². The van der Waals surface area contributed by atoms with Crippen molar-refractivity contribution in [1.82, 2.24) is 5.32 Å². The molecule has 1 aliphatic rings. The molecule has 17 heavy (non-hydrogen) atoms. The van der Waals surface area contributed by atoms with Gasteiger partial charge in [-0.3, -0.25) is 0 Å². The van der Waals surface area contributed by atoms with Gasteiger partial charge >= 0.3 is 0 Å². The summed E-state index contributed by atoms with van der Waals surface area (Å²) in [7, 11) is 1.82. The zero-order valence-electron chi connectivity index (χ0n) is 11.1. The molecule has 2 rings (SSSR count). The third-order valence-electron chi connectivity index (χ3n) is 3.76. The number of benzene rings is 1. The summed E-state index contributed by atoms with van der Waals surface area (Å²) < 4.78 is 5.52. The van der Waals surface area contributed by atoms with Crippen molar-refractivity contribution in [2.75, 3.05) is 7.11 Å². The number of methoxy groups -OCH3 is 1. The average Bonchev–Trinajstić information content (AvgIpc) is 2.76. The second-order valence-electron chi connectivity index (χ2n) is 5.11. The van der Waals surface area contributed by atoms with E-state index in [0.29, 0.717) is 18.2 Å². The quantitative estimate of drug-likeness (QED) is 0.862. The van der Waals surface area contributed by atoms with Crippen LogP contribution in [0.25, 0.3) is 0 Å². The Morgan fingerprint density at radius 2 is 2.18 bits per heavy atom. The molecule has 2 heteroatoms. The first-order valence-electron chi connectivity index (χ1n) is 6.56. The van der Waals surface area contributed by atoms with Gasteiger partial charge in [-0.05, 0) is 38.7 Å². The first kappa shape index (κ1) is 12.6. The molecule has 0 saturated heterocycles. The van der Waals surface area contributed by atoms with E-state index in [9.17, 15) is 0 Å². The zero-order valence-corrected chi connectivity index (χ0v) is 11.1. The molecule has 3 atom stereocenters. The van der Waals surface area contributed by atoms with E-state index in [4.69, 9.17) is 4.74 Å². The molecule has 0 aromatic heterocycles. The molecule has 0 spiro atoms. The molecular weight excluding hydrogens is 210 g/mol. The number of aryl methyl sites for hydroxylation is 1. The SMILES string of the molecule is COC1CCCC1NC(C)c1cccc(C)c1. The van der Waals surface area contributed by atoms with Gasteiger partial charge in [0.15, 0.2) is 0 Å². The molecule has 0 bridgehead atoms. The molecule has 1 aliphatic carbocycles. The lowest BCUT2D eigenvalue weighted by molar-refractivity contribution is 0.0820. The largest absolute Gasteiger partial charge is 0.380 e. The van der Waals surface area contributed by atoms with E-state index in [1.807, 2.05) is 7.11 Å². The van der Waals surface area contributed by atoms with Crippen LogP contribution in [0.15, 0.2) is 24.3 Å². The van der Waals surface area contributed by atoms with Gasteiger partial charge in [-0.1, -0.05) is 29.8 Å². The summed E-state index contributed by atoms with van der Waals surface area (Å²) in [6, 6.07) is 9.64. The van der Waals surface area contributed by atoms with Crippen LogP contribution in [-0.4, -0.2) is 19.3 Å². The van der Waals surface area contributed by atoms with Crippen molar-refractivity contribution in [3.63, 3.8) is 0 Å². The van der Waals surface area contributed by atoms with Gasteiger partial charge in [-0.2, -0.15) is 0 Å². The predicted molar refractivity (Wildman–Crippen MR) is 71.2 cm³/mol. The summed E-state index contributed by atoms with van der Waals surface area (Å²) in [4.78, 5) is 0. The fourth-order valence-electron chi connectivity index (χ4n) is 2.76. The van der Waals surface area contributed by atoms with Crippen molar-refractivity contribution in [1.29, 1.82) is 0 Å². The molecule has 2 nitrogen and oxygen atoms in total. The van der Waals surface area contributed by atoms with Gasteiger partial charge in [0, 0.05) is 19.2 Å². The maximum atomic E-state index is 5.52. The molecule has 1 fully saturated rings. The highest BCUT2D eigenvalue weighted by molar-refractivity contribution is 5.24. The summed E-state index contributed by atoms with van der Waals surface area (Å²) >= 11 is 0. The van der Waals surface area contributed by atoms with Gasteiger partial charge in [0.05, 0.1) is 6.10 Å². The number of hydrogen-bond acceptors (Lipinski definition) is 2. The minimum atomic E-state index is 0.391. The molecule has 0 radical (unpaired) electrons. The maximum absolute atomic E-state index is 5.52. The summed E-state index contributed by atoms with van der Waals surface area (Å²) in [6.07, 6.45) is 4.09. The summed E-state index contributed by atoms with van der Waals surface area (Å²) in [5.74, 6) is 0. The highest BCUT2D eigenvalue weighted by atomic mass is 16.5. The van der Waals surface area contributed by atoms with Crippen molar-refractivity contribution >= 4 is 0 Å². The molecule has 1 N–H and O–H groups in total. The Morgan fingerprint density at radius 1 is 1.35 bits per heavy atom. The fraction of sp³-hybridized carbons (Fsp3) is 0.600. The Kier molecular flexibility index (Phi) is 4.19. The highest BCUT2D eigenvalue weighted by Gasteiger charge is 2.28. The Balaban J connectivity index is 1.99. The van der Waals surface area contributed by atoms with Crippen molar-refractivity contribution in [3.8, 4) is 0 Å². The van der Waals surface area contributed by atoms with Gasteiger partial charge in [0.25, 0.3) is 0 Å². The maximum Gasteiger partial charge on any atom is 0.0724 e. The Hall–Kier alpha value is -0.860. The Bertz CT molecular complexity index is 364. The minimum absolute atomic E-state index is 0.391. The van der Waals surface area contributed by atoms with Gasteiger partial charge in [0.2, 0.25) is 0 Å². The van der Waals surface area contributed by atoms with Crippen LogP contribution in [-0.2, 0) is 4.74 Å². The van der Waals surface area contributed by atoms with Crippen LogP contribution >= 0.6 is 0 Å². The Morgan fingerprint density at radius 3 is 2.88 bits per heavy atom. The molecule has 94 valence electrons. The lowest BCUT2D eigenvalue weighted by atomic mass is 10.0. The smallest absolute Gasteiger partial charge is 0.0724 e. The molecular formula is C15H23NO.